The first-order valence-electron chi connectivity index (χ1n) is 10.6. The summed E-state index contributed by atoms with van der Waals surface area (Å²) in [5.74, 6) is -0.867. The van der Waals surface area contributed by atoms with E-state index in [1.807, 2.05) is 6.92 Å². The Hall–Kier alpha value is -3.65. The maximum Gasteiger partial charge on any atom is 0.264 e. The minimum Gasteiger partial charge on any atom is -0.352 e. The molecule has 0 aromatic heterocycles. The molecule has 2 amide bonds. The minimum atomic E-state index is -4.01. The first-order valence-corrected chi connectivity index (χ1v) is 12.1. The van der Waals surface area contributed by atoms with Crippen LogP contribution in [-0.4, -0.2) is 33.3 Å². The van der Waals surface area contributed by atoms with Crippen molar-refractivity contribution in [1.29, 1.82) is 0 Å². The number of benzene rings is 3. The zero-order valence-electron chi connectivity index (χ0n) is 18.6. The number of nitrogens with zero attached hydrogens (tertiary/aromatic N) is 1. The molecule has 3 aromatic carbocycles. The average Bonchev–Trinajstić information content (AvgIpc) is 2.82. The third-order valence-corrected chi connectivity index (χ3v) is 6.76. The summed E-state index contributed by atoms with van der Waals surface area (Å²) >= 11 is 0. The lowest BCUT2D eigenvalue weighted by molar-refractivity contribution is -0.114. The van der Waals surface area contributed by atoms with E-state index in [9.17, 15) is 18.0 Å². The summed E-state index contributed by atoms with van der Waals surface area (Å²) in [5, 5.41) is 5.49. The van der Waals surface area contributed by atoms with Crippen molar-refractivity contribution in [3.8, 4) is 0 Å². The van der Waals surface area contributed by atoms with Gasteiger partial charge in [0, 0.05) is 6.54 Å². The summed E-state index contributed by atoms with van der Waals surface area (Å²) < 4.78 is 28.0. The number of sulfonamides is 1. The van der Waals surface area contributed by atoms with Crippen LogP contribution in [0.1, 0.15) is 29.3 Å². The van der Waals surface area contributed by atoms with Crippen molar-refractivity contribution in [1.82, 2.24) is 5.32 Å². The second-order valence-corrected chi connectivity index (χ2v) is 9.32. The summed E-state index contributed by atoms with van der Waals surface area (Å²) in [6.45, 7) is 3.79. The van der Waals surface area contributed by atoms with Crippen molar-refractivity contribution in [2.75, 3.05) is 22.7 Å². The number of para-hydroxylation sites is 2. The number of rotatable bonds is 9. The van der Waals surface area contributed by atoms with Gasteiger partial charge in [-0.1, -0.05) is 55.5 Å². The highest BCUT2D eigenvalue weighted by Gasteiger charge is 2.28. The van der Waals surface area contributed by atoms with Gasteiger partial charge in [0.1, 0.15) is 6.54 Å². The van der Waals surface area contributed by atoms with E-state index in [0.29, 0.717) is 29.0 Å². The summed E-state index contributed by atoms with van der Waals surface area (Å²) in [7, 11) is -4.01. The maximum atomic E-state index is 13.4. The maximum absolute atomic E-state index is 13.4. The number of hydrogen-bond acceptors (Lipinski definition) is 4. The van der Waals surface area contributed by atoms with Crippen LogP contribution in [0.25, 0.3) is 0 Å². The molecule has 0 saturated carbocycles. The van der Waals surface area contributed by atoms with E-state index in [1.165, 1.54) is 12.1 Å². The van der Waals surface area contributed by atoms with E-state index in [2.05, 4.69) is 10.6 Å². The lowest BCUT2D eigenvalue weighted by atomic mass is 10.1. The molecule has 0 atom stereocenters. The molecule has 0 saturated heterocycles. The molecule has 33 heavy (non-hydrogen) atoms. The van der Waals surface area contributed by atoms with Gasteiger partial charge in [0.05, 0.1) is 21.8 Å². The zero-order valence-corrected chi connectivity index (χ0v) is 19.4. The molecule has 0 aliphatic heterocycles. The Labute approximate surface area is 194 Å². The number of amides is 2. The normalized spacial score (nSPS) is 11.0. The van der Waals surface area contributed by atoms with Crippen LogP contribution < -0.4 is 14.9 Å². The summed E-state index contributed by atoms with van der Waals surface area (Å²) in [6.07, 6.45) is 0.781. The topological polar surface area (TPSA) is 95.6 Å². The fraction of sp³-hybridized carbons (Fsp3) is 0.200. The minimum absolute atomic E-state index is 0.0837. The lowest BCUT2D eigenvalue weighted by Crippen LogP contribution is -2.38. The van der Waals surface area contributed by atoms with Gasteiger partial charge in [0.25, 0.3) is 15.9 Å². The highest BCUT2D eigenvalue weighted by atomic mass is 32.2. The van der Waals surface area contributed by atoms with Gasteiger partial charge in [-0.25, -0.2) is 8.42 Å². The van der Waals surface area contributed by atoms with Crippen molar-refractivity contribution < 1.29 is 18.0 Å². The fourth-order valence-electron chi connectivity index (χ4n) is 3.31. The van der Waals surface area contributed by atoms with Crippen molar-refractivity contribution in [3.63, 3.8) is 0 Å². The smallest absolute Gasteiger partial charge is 0.264 e. The molecule has 2 N–H and O–H groups in total. The quantitative estimate of drug-likeness (QED) is 0.500. The average molecular weight is 466 g/mol. The highest BCUT2D eigenvalue weighted by Crippen LogP contribution is 2.27. The third kappa shape index (κ3) is 5.78. The van der Waals surface area contributed by atoms with E-state index >= 15 is 0 Å². The predicted molar refractivity (Wildman–Crippen MR) is 130 cm³/mol. The van der Waals surface area contributed by atoms with Gasteiger partial charge in [-0.3, -0.25) is 13.9 Å². The predicted octanol–water partition coefficient (Wildman–Crippen LogP) is 3.97. The molecule has 8 heteroatoms. The zero-order chi connectivity index (χ0) is 23.8. The standard InChI is InChI=1S/C25H27N3O4S/c1-3-17-26-25(30)21-14-8-9-15-22(21)27-24(29)18-28(23-16-10-7-11-19(23)2)33(31,32)20-12-5-4-6-13-20/h4-16H,3,17-18H2,1-2H3,(H,26,30)(H,27,29). The van der Waals surface area contributed by atoms with Crippen LogP contribution >= 0.6 is 0 Å². The van der Waals surface area contributed by atoms with Crippen molar-refractivity contribution in [2.45, 2.75) is 25.2 Å². The molecule has 0 bridgehead atoms. The molecule has 3 aromatic rings. The molecular formula is C25H27N3O4S. The molecule has 0 aliphatic rings. The molecule has 3 rings (SSSR count). The van der Waals surface area contributed by atoms with Crippen LogP contribution in [0.3, 0.4) is 0 Å². The van der Waals surface area contributed by atoms with Crippen molar-refractivity contribution >= 4 is 33.2 Å². The third-order valence-electron chi connectivity index (χ3n) is 4.98. The van der Waals surface area contributed by atoms with Gasteiger partial charge < -0.3 is 10.6 Å². The molecule has 0 heterocycles. The first kappa shape index (κ1) is 24.0. The second kappa shape index (κ2) is 10.8. The Bertz CT molecular complexity index is 1230. The second-order valence-electron chi connectivity index (χ2n) is 7.46. The van der Waals surface area contributed by atoms with Gasteiger partial charge in [0.15, 0.2) is 0 Å². The van der Waals surface area contributed by atoms with E-state index in [4.69, 9.17) is 0 Å². The Balaban J connectivity index is 1.92. The van der Waals surface area contributed by atoms with Gasteiger partial charge in [-0.2, -0.15) is 0 Å². The number of carbonyl (C=O) groups is 2. The molecule has 0 aliphatic carbocycles. The van der Waals surface area contributed by atoms with Crippen molar-refractivity contribution in [3.05, 3.63) is 90.0 Å². The molecule has 0 fully saturated rings. The Morgan fingerprint density at radius 1 is 0.879 bits per heavy atom. The van der Waals surface area contributed by atoms with E-state index in [1.54, 1.807) is 73.7 Å². The Morgan fingerprint density at radius 3 is 2.21 bits per heavy atom. The highest BCUT2D eigenvalue weighted by molar-refractivity contribution is 7.92. The van der Waals surface area contributed by atoms with Crippen LogP contribution in [-0.2, 0) is 14.8 Å². The van der Waals surface area contributed by atoms with Crippen LogP contribution in [0.2, 0.25) is 0 Å². The van der Waals surface area contributed by atoms with E-state index in [0.717, 1.165) is 10.7 Å². The molecule has 0 spiro atoms. The summed E-state index contributed by atoms with van der Waals surface area (Å²) in [5.41, 5.74) is 1.75. The van der Waals surface area contributed by atoms with Crippen LogP contribution in [0.4, 0.5) is 11.4 Å². The molecular weight excluding hydrogens is 438 g/mol. The van der Waals surface area contributed by atoms with Gasteiger partial charge >= 0.3 is 0 Å². The molecule has 0 radical (unpaired) electrons. The van der Waals surface area contributed by atoms with Crippen molar-refractivity contribution in [2.24, 2.45) is 0 Å². The van der Waals surface area contributed by atoms with E-state index < -0.39 is 22.5 Å². The number of nitrogens with one attached hydrogen (secondary N) is 2. The summed E-state index contributed by atoms with van der Waals surface area (Å²) in [6, 6.07) is 21.6. The molecule has 172 valence electrons. The van der Waals surface area contributed by atoms with Gasteiger partial charge in [0.2, 0.25) is 5.91 Å². The Morgan fingerprint density at radius 2 is 1.52 bits per heavy atom. The van der Waals surface area contributed by atoms with Crippen LogP contribution in [0, 0.1) is 6.92 Å². The Kier molecular flexibility index (Phi) is 7.84. The number of anilines is 2. The van der Waals surface area contributed by atoms with Gasteiger partial charge in [-0.15, -0.1) is 0 Å². The monoisotopic (exact) mass is 465 g/mol. The van der Waals surface area contributed by atoms with E-state index in [-0.39, 0.29) is 10.8 Å². The molecule has 0 unspecified atom stereocenters. The first-order chi connectivity index (χ1) is 15.8. The number of carbonyl (C=O) groups excluding carboxylic acids is 2. The van der Waals surface area contributed by atoms with Crippen LogP contribution in [0.15, 0.2) is 83.8 Å². The largest absolute Gasteiger partial charge is 0.352 e. The SMILES string of the molecule is CCCNC(=O)c1ccccc1NC(=O)CN(c1ccccc1C)S(=O)(=O)c1ccccc1. The number of hydrogen-bond donors (Lipinski definition) is 2. The lowest BCUT2D eigenvalue weighted by Gasteiger charge is -2.25. The number of aryl methyl sites for hydroxylation is 1. The van der Waals surface area contributed by atoms with Crippen LogP contribution in [0.5, 0.6) is 0 Å². The summed E-state index contributed by atoms with van der Waals surface area (Å²) in [4.78, 5) is 25.6. The fourth-order valence-corrected chi connectivity index (χ4v) is 4.81. The molecule has 7 nitrogen and oxygen atoms in total. The van der Waals surface area contributed by atoms with Gasteiger partial charge in [-0.05, 0) is 49.2 Å².